The molecule has 3 aromatic heterocycles. The molecule has 0 aliphatic heterocycles. The van der Waals surface area contributed by atoms with Crippen molar-refractivity contribution in [3.8, 4) is 11.3 Å². The zero-order valence-corrected chi connectivity index (χ0v) is 15.6. The summed E-state index contributed by atoms with van der Waals surface area (Å²) in [5.74, 6) is 1.44. The number of nitrogens with one attached hydrogen (secondary N) is 1. The van der Waals surface area contributed by atoms with Crippen LogP contribution in [0, 0.1) is 0 Å². The monoisotopic (exact) mass is 367 g/mol. The number of thiophene rings is 1. The Labute approximate surface area is 155 Å². The number of benzene rings is 1. The van der Waals surface area contributed by atoms with E-state index in [2.05, 4.69) is 60.3 Å². The minimum absolute atomic E-state index is 0.519. The van der Waals surface area contributed by atoms with E-state index < -0.39 is 0 Å². The van der Waals surface area contributed by atoms with E-state index in [4.69, 9.17) is 16.6 Å². The second-order valence-electron chi connectivity index (χ2n) is 6.30. The van der Waals surface area contributed by atoms with E-state index in [1.165, 1.54) is 5.56 Å². The number of nitrogens with zero attached hydrogens (tertiary/aromatic N) is 2. The SMILES string of the molecule is CC(C)c1ccc(Nc2c(-c3ccsc3)nc3ccc(Cl)cn23)cc1. The Bertz CT molecular complexity index is 1000. The number of halogens is 1. The van der Waals surface area contributed by atoms with Crippen LogP contribution in [0.1, 0.15) is 25.3 Å². The Hall–Kier alpha value is -2.30. The van der Waals surface area contributed by atoms with Crippen molar-refractivity contribution in [2.45, 2.75) is 19.8 Å². The third-order valence-electron chi connectivity index (χ3n) is 4.22. The lowest BCUT2D eigenvalue weighted by molar-refractivity contribution is 0.867. The molecule has 0 unspecified atom stereocenters. The summed E-state index contributed by atoms with van der Waals surface area (Å²) in [5.41, 5.74) is 5.25. The van der Waals surface area contributed by atoms with Gasteiger partial charge in [0.25, 0.3) is 0 Å². The highest BCUT2D eigenvalue weighted by atomic mass is 35.5. The lowest BCUT2D eigenvalue weighted by atomic mass is 10.0. The maximum atomic E-state index is 6.21. The Balaban J connectivity index is 1.81. The molecule has 1 N–H and O–H groups in total. The molecule has 0 bridgehead atoms. The van der Waals surface area contributed by atoms with Crippen molar-refractivity contribution in [2.24, 2.45) is 0 Å². The summed E-state index contributed by atoms with van der Waals surface area (Å²) in [6.45, 7) is 4.40. The van der Waals surface area contributed by atoms with Gasteiger partial charge in [-0.25, -0.2) is 4.98 Å². The average Bonchev–Trinajstić information content (AvgIpc) is 3.24. The maximum absolute atomic E-state index is 6.21. The number of fused-ring (bicyclic) bond motifs is 1. The predicted molar refractivity (Wildman–Crippen MR) is 107 cm³/mol. The summed E-state index contributed by atoms with van der Waals surface area (Å²) < 4.78 is 2.01. The van der Waals surface area contributed by atoms with Crippen LogP contribution in [-0.2, 0) is 0 Å². The number of pyridine rings is 1. The Kier molecular flexibility index (Phi) is 4.24. The van der Waals surface area contributed by atoms with Crippen molar-refractivity contribution >= 4 is 40.1 Å². The summed E-state index contributed by atoms with van der Waals surface area (Å²) in [4.78, 5) is 4.79. The van der Waals surface area contributed by atoms with Gasteiger partial charge in [0.2, 0.25) is 0 Å². The first kappa shape index (κ1) is 16.2. The highest BCUT2D eigenvalue weighted by Crippen LogP contribution is 2.33. The molecule has 25 heavy (non-hydrogen) atoms. The van der Waals surface area contributed by atoms with Gasteiger partial charge in [-0.3, -0.25) is 4.40 Å². The van der Waals surface area contributed by atoms with Gasteiger partial charge < -0.3 is 5.32 Å². The predicted octanol–water partition coefficient (Wildman–Crippen LogP) is 6.58. The van der Waals surface area contributed by atoms with Crippen LogP contribution < -0.4 is 5.32 Å². The number of hydrogen-bond donors (Lipinski definition) is 1. The molecule has 0 saturated carbocycles. The van der Waals surface area contributed by atoms with E-state index in [0.717, 1.165) is 28.4 Å². The van der Waals surface area contributed by atoms with Crippen LogP contribution in [0.2, 0.25) is 5.02 Å². The van der Waals surface area contributed by atoms with Crippen LogP contribution >= 0.6 is 22.9 Å². The van der Waals surface area contributed by atoms with Crippen molar-refractivity contribution in [3.63, 3.8) is 0 Å². The summed E-state index contributed by atoms with van der Waals surface area (Å²) in [6, 6.07) is 14.4. The minimum Gasteiger partial charge on any atom is -0.339 e. The first-order chi connectivity index (χ1) is 12.1. The van der Waals surface area contributed by atoms with E-state index in [9.17, 15) is 0 Å². The minimum atomic E-state index is 0.519. The van der Waals surface area contributed by atoms with Crippen LogP contribution in [0.15, 0.2) is 59.4 Å². The molecular formula is C20H18ClN3S. The molecule has 1 aromatic carbocycles. The standard InChI is InChI=1S/C20H18ClN3S/c1-13(2)14-3-6-17(7-4-14)22-20-19(15-9-10-25-12-15)23-18-8-5-16(21)11-24(18)20/h3-13,22H,1-2H3. The summed E-state index contributed by atoms with van der Waals surface area (Å²) in [7, 11) is 0. The molecule has 0 fully saturated rings. The second-order valence-corrected chi connectivity index (χ2v) is 7.51. The van der Waals surface area contributed by atoms with Gasteiger partial charge in [-0.1, -0.05) is 37.6 Å². The first-order valence-electron chi connectivity index (χ1n) is 8.19. The molecule has 0 aliphatic rings. The largest absolute Gasteiger partial charge is 0.339 e. The molecule has 0 aliphatic carbocycles. The number of anilines is 2. The topological polar surface area (TPSA) is 29.3 Å². The summed E-state index contributed by atoms with van der Waals surface area (Å²) >= 11 is 7.87. The van der Waals surface area contributed by atoms with Crippen molar-refractivity contribution < 1.29 is 0 Å². The Morgan fingerprint density at radius 3 is 2.56 bits per heavy atom. The Morgan fingerprint density at radius 1 is 1.08 bits per heavy atom. The molecule has 0 radical (unpaired) electrons. The Morgan fingerprint density at radius 2 is 1.88 bits per heavy atom. The van der Waals surface area contributed by atoms with Crippen LogP contribution in [0.25, 0.3) is 16.9 Å². The average molecular weight is 368 g/mol. The fourth-order valence-corrected chi connectivity index (χ4v) is 3.63. The number of hydrogen-bond acceptors (Lipinski definition) is 3. The van der Waals surface area contributed by atoms with Gasteiger partial charge in [-0.15, -0.1) is 0 Å². The molecule has 0 saturated heterocycles. The molecule has 3 heterocycles. The van der Waals surface area contributed by atoms with Crippen LogP contribution in [-0.4, -0.2) is 9.38 Å². The van der Waals surface area contributed by atoms with Crippen molar-refractivity contribution in [1.29, 1.82) is 0 Å². The summed E-state index contributed by atoms with van der Waals surface area (Å²) in [5, 5.41) is 8.37. The molecule has 0 amide bonds. The smallest absolute Gasteiger partial charge is 0.143 e. The van der Waals surface area contributed by atoms with Gasteiger partial charge in [-0.2, -0.15) is 11.3 Å². The zero-order valence-electron chi connectivity index (χ0n) is 14.0. The normalized spacial score (nSPS) is 11.4. The zero-order chi connectivity index (χ0) is 17.4. The molecule has 5 heteroatoms. The third-order valence-corrected chi connectivity index (χ3v) is 5.12. The van der Waals surface area contributed by atoms with E-state index in [1.54, 1.807) is 11.3 Å². The molecule has 0 spiro atoms. The lowest BCUT2D eigenvalue weighted by Crippen LogP contribution is -1.97. The fourth-order valence-electron chi connectivity index (χ4n) is 2.83. The van der Waals surface area contributed by atoms with E-state index >= 15 is 0 Å². The van der Waals surface area contributed by atoms with Crippen LogP contribution in [0.5, 0.6) is 0 Å². The maximum Gasteiger partial charge on any atom is 0.143 e. The van der Waals surface area contributed by atoms with Crippen molar-refractivity contribution in [3.05, 3.63) is 70.0 Å². The quantitative estimate of drug-likeness (QED) is 0.441. The second kappa shape index (κ2) is 6.54. The number of rotatable bonds is 4. The van der Waals surface area contributed by atoms with Gasteiger partial charge in [-0.05, 0) is 47.2 Å². The van der Waals surface area contributed by atoms with Gasteiger partial charge in [0.15, 0.2) is 0 Å². The highest BCUT2D eigenvalue weighted by Gasteiger charge is 2.15. The fraction of sp³-hybridized carbons (Fsp3) is 0.150. The number of aromatic nitrogens is 2. The third kappa shape index (κ3) is 3.15. The van der Waals surface area contributed by atoms with Crippen LogP contribution in [0.3, 0.4) is 0 Å². The van der Waals surface area contributed by atoms with Gasteiger partial charge in [0.1, 0.15) is 17.2 Å². The van der Waals surface area contributed by atoms with Crippen LogP contribution in [0.4, 0.5) is 11.5 Å². The molecule has 4 rings (SSSR count). The summed E-state index contributed by atoms with van der Waals surface area (Å²) in [6.07, 6.45) is 1.89. The molecular weight excluding hydrogens is 350 g/mol. The number of imidazole rings is 1. The molecule has 0 atom stereocenters. The lowest BCUT2D eigenvalue weighted by Gasteiger charge is -2.10. The molecule has 4 aromatic rings. The highest BCUT2D eigenvalue weighted by molar-refractivity contribution is 7.08. The first-order valence-corrected chi connectivity index (χ1v) is 9.51. The van der Waals surface area contributed by atoms with E-state index in [0.29, 0.717) is 10.9 Å². The van der Waals surface area contributed by atoms with E-state index in [1.807, 2.05) is 22.7 Å². The van der Waals surface area contributed by atoms with Crippen molar-refractivity contribution in [1.82, 2.24) is 9.38 Å². The van der Waals surface area contributed by atoms with E-state index in [-0.39, 0.29) is 0 Å². The van der Waals surface area contributed by atoms with Gasteiger partial charge in [0, 0.05) is 22.8 Å². The van der Waals surface area contributed by atoms with Crippen molar-refractivity contribution in [2.75, 3.05) is 5.32 Å². The van der Waals surface area contributed by atoms with Gasteiger partial charge >= 0.3 is 0 Å². The molecule has 3 nitrogen and oxygen atoms in total. The van der Waals surface area contributed by atoms with Gasteiger partial charge in [0.05, 0.1) is 5.02 Å². The molecule has 126 valence electrons.